The number of rotatable bonds is 10. The van der Waals surface area contributed by atoms with Gasteiger partial charge in [0.2, 0.25) is 5.79 Å². The molecule has 0 aromatic heterocycles. The van der Waals surface area contributed by atoms with E-state index in [2.05, 4.69) is 19.1 Å². The molecule has 3 heterocycles. The summed E-state index contributed by atoms with van der Waals surface area (Å²) in [5, 5.41) is 31.1. The highest BCUT2D eigenvalue weighted by Gasteiger charge is 2.56. The van der Waals surface area contributed by atoms with E-state index in [0.29, 0.717) is 51.4 Å². The number of aliphatic hydroxyl groups is 3. The minimum atomic E-state index is -2.48. The molecule has 1 saturated carbocycles. The van der Waals surface area contributed by atoms with Crippen LogP contribution in [0.1, 0.15) is 119 Å². The average Bonchev–Trinajstić information content (AvgIpc) is 3.24. The molecule has 0 aromatic rings. The largest absolute Gasteiger partial charge is 0.456 e. The average molecular weight is 850 g/mol. The third-order valence-corrected chi connectivity index (χ3v) is 13.4. The van der Waals surface area contributed by atoms with Crippen LogP contribution < -0.4 is 0 Å². The Balaban J connectivity index is 1.70. The second-order valence-corrected chi connectivity index (χ2v) is 18.2. The van der Waals surface area contributed by atoms with E-state index in [1.54, 1.807) is 28.3 Å². The number of carbonyl (C=O) groups is 4. The van der Waals surface area contributed by atoms with Crippen molar-refractivity contribution in [3.63, 3.8) is 0 Å². The summed E-state index contributed by atoms with van der Waals surface area (Å²) >= 11 is 0. The number of hydrogen-bond acceptors (Lipinski definition) is 13. The Morgan fingerprint density at radius 3 is 2.28 bits per heavy atom. The molecule has 1 amide bonds. The minimum absolute atomic E-state index is 0.00288. The molecule has 1 aliphatic carbocycles. The Morgan fingerprint density at radius 2 is 1.63 bits per heavy atom. The number of methoxy groups -OCH3 is 3. The van der Waals surface area contributed by atoms with E-state index in [1.165, 1.54) is 4.90 Å². The van der Waals surface area contributed by atoms with Crippen molar-refractivity contribution < 1.29 is 62.9 Å². The summed E-state index contributed by atoms with van der Waals surface area (Å²) in [5.74, 6) is -6.37. The number of aliphatic hydroxyl groups excluding tert-OH is 2. The zero-order valence-electron chi connectivity index (χ0n) is 37.6. The fourth-order valence-electron chi connectivity index (χ4n) is 9.86. The molecule has 3 N–H and O–H groups in total. The van der Waals surface area contributed by atoms with Gasteiger partial charge in [-0.1, -0.05) is 45.4 Å². The lowest BCUT2D eigenvalue weighted by Crippen LogP contribution is -2.64. The molecule has 3 fully saturated rings. The Morgan fingerprint density at radius 1 is 0.950 bits per heavy atom. The monoisotopic (exact) mass is 850 g/mol. The predicted octanol–water partition coefficient (Wildman–Crippen LogP) is 4.88. The normalized spacial score (nSPS) is 38.9. The lowest BCUT2D eigenvalue weighted by atomic mass is 9.82. The minimum Gasteiger partial charge on any atom is -0.456 e. The third kappa shape index (κ3) is 12.5. The number of allylic oxidation sites excluding steroid dienone is 3. The van der Waals surface area contributed by atoms with Crippen molar-refractivity contribution in [3.8, 4) is 0 Å². The van der Waals surface area contributed by atoms with Crippen LogP contribution in [0, 0.1) is 29.6 Å². The standard InChI is InChI=1S/C46H75NO13/c1-10-33-20-27(2)19-28(3)21-39(56-8)42-40(57-9)23-31(6)46(54,60-42)43(51)44(52)47-18-12-11-13-35(47)45(53)59-41(29(4)14-16-36(33)50)30(5)22-32-15-17-37(38(24-32)55-7)58-26-34(49)25-48/h20,22,28-29,31-35,37-42,48-49,54H,10-19,21,23-26H2,1-9H3/b27-20+,30-22?. The summed E-state index contributed by atoms with van der Waals surface area (Å²) in [5.41, 5.74) is 1.87. The van der Waals surface area contributed by atoms with Gasteiger partial charge < -0.3 is 48.6 Å². The van der Waals surface area contributed by atoms with Gasteiger partial charge in [-0.05, 0) is 108 Å². The zero-order chi connectivity index (χ0) is 44.3. The molecule has 14 heteroatoms. The van der Waals surface area contributed by atoms with Gasteiger partial charge in [-0.15, -0.1) is 0 Å². The van der Waals surface area contributed by atoms with Gasteiger partial charge in [-0.25, -0.2) is 4.79 Å². The summed E-state index contributed by atoms with van der Waals surface area (Å²) in [4.78, 5) is 58.0. The van der Waals surface area contributed by atoms with Crippen molar-refractivity contribution >= 4 is 23.4 Å². The van der Waals surface area contributed by atoms with Crippen LogP contribution in [0.15, 0.2) is 23.3 Å². The second kappa shape index (κ2) is 23.2. The highest BCUT2D eigenvalue weighted by atomic mass is 16.7. The predicted molar refractivity (Wildman–Crippen MR) is 224 cm³/mol. The van der Waals surface area contributed by atoms with E-state index >= 15 is 0 Å². The van der Waals surface area contributed by atoms with Gasteiger partial charge in [0.1, 0.15) is 30.1 Å². The molecule has 14 unspecified atom stereocenters. The lowest BCUT2D eigenvalue weighted by molar-refractivity contribution is -0.302. The first-order chi connectivity index (χ1) is 28.5. The molecule has 0 aromatic carbocycles. The third-order valence-electron chi connectivity index (χ3n) is 13.4. The number of amides is 1. The fraction of sp³-hybridized carbons (Fsp3) is 0.826. The van der Waals surface area contributed by atoms with Crippen LogP contribution in [-0.2, 0) is 47.6 Å². The van der Waals surface area contributed by atoms with E-state index in [-0.39, 0.29) is 74.1 Å². The molecule has 3 aliphatic heterocycles. The van der Waals surface area contributed by atoms with Crippen LogP contribution >= 0.6 is 0 Å². The second-order valence-electron chi connectivity index (χ2n) is 18.2. The Labute approximate surface area is 357 Å². The summed E-state index contributed by atoms with van der Waals surface area (Å²) in [6, 6.07) is -1.07. The van der Waals surface area contributed by atoms with Gasteiger partial charge in [-0.2, -0.15) is 0 Å². The summed E-state index contributed by atoms with van der Waals surface area (Å²) in [6.45, 7) is 11.4. The Kier molecular flexibility index (Phi) is 19.4. The molecule has 0 spiro atoms. The van der Waals surface area contributed by atoms with Gasteiger partial charge >= 0.3 is 5.97 Å². The zero-order valence-corrected chi connectivity index (χ0v) is 37.6. The molecule has 4 rings (SSSR count). The molecule has 14 nitrogen and oxygen atoms in total. The Hall–Kier alpha value is -2.56. The molecule has 14 atom stereocenters. The number of fused-ring (bicyclic) bond motifs is 3. The Bertz CT molecular complexity index is 1500. The molecule has 2 bridgehead atoms. The number of hydrogen-bond donors (Lipinski definition) is 3. The van der Waals surface area contributed by atoms with Gasteiger partial charge in [0, 0.05) is 46.1 Å². The maximum absolute atomic E-state index is 14.4. The molecule has 2 saturated heterocycles. The van der Waals surface area contributed by atoms with Crippen LogP contribution in [0.3, 0.4) is 0 Å². The molecule has 4 aliphatic rings. The number of ketones is 2. The van der Waals surface area contributed by atoms with Gasteiger partial charge in [0.25, 0.3) is 11.7 Å². The SMILES string of the molecule is CCC1/C=C(\C)CC(C)CC(OC)C2OC(O)(C(=O)C(=O)N3CCCCC3C(=O)OC(C(C)=CC3CCC(OCC(O)CO)C(OC)C3)C(C)CCC1=O)C(C)CC2OC. The first kappa shape index (κ1) is 50.1. The summed E-state index contributed by atoms with van der Waals surface area (Å²) < 4.78 is 36.1. The lowest BCUT2D eigenvalue weighted by Gasteiger charge is -2.47. The topological polar surface area (TPSA) is 188 Å². The van der Waals surface area contributed by atoms with E-state index < -0.39 is 72.5 Å². The quantitative estimate of drug-likeness (QED) is 0.154. The van der Waals surface area contributed by atoms with Crippen molar-refractivity contribution in [3.05, 3.63) is 23.3 Å². The van der Waals surface area contributed by atoms with E-state index in [1.807, 2.05) is 27.7 Å². The van der Waals surface area contributed by atoms with Gasteiger partial charge in [0.05, 0.1) is 37.6 Å². The number of ether oxygens (including phenoxy) is 6. The highest BCUT2D eigenvalue weighted by molar-refractivity contribution is 6.39. The van der Waals surface area contributed by atoms with Crippen LogP contribution in [0.2, 0.25) is 0 Å². The summed E-state index contributed by atoms with van der Waals surface area (Å²) in [6.07, 6.45) is 6.29. The number of cyclic esters (lactones) is 1. The molecule has 342 valence electrons. The summed E-state index contributed by atoms with van der Waals surface area (Å²) in [7, 11) is 4.71. The van der Waals surface area contributed by atoms with Gasteiger partial charge in [-0.3, -0.25) is 14.4 Å². The smallest absolute Gasteiger partial charge is 0.329 e. The van der Waals surface area contributed by atoms with Crippen LogP contribution in [0.5, 0.6) is 0 Å². The van der Waals surface area contributed by atoms with Crippen molar-refractivity contribution in [1.82, 2.24) is 4.90 Å². The number of piperidine rings is 1. The van der Waals surface area contributed by atoms with Crippen molar-refractivity contribution in [2.75, 3.05) is 41.1 Å². The van der Waals surface area contributed by atoms with Crippen LogP contribution in [0.25, 0.3) is 0 Å². The van der Waals surface area contributed by atoms with Crippen LogP contribution in [0.4, 0.5) is 0 Å². The number of esters is 1. The first-order valence-corrected chi connectivity index (χ1v) is 22.3. The van der Waals surface area contributed by atoms with Crippen molar-refractivity contribution in [1.29, 1.82) is 0 Å². The maximum atomic E-state index is 14.4. The first-order valence-electron chi connectivity index (χ1n) is 22.3. The van der Waals surface area contributed by atoms with E-state index in [9.17, 15) is 34.5 Å². The fourth-order valence-corrected chi connectivity index (χ4v) is 9.86. The van der Waals surface area contributed by atoms with E-state index in [0.717, 1.165) is 17.6 Å². The molecule has 60 heavy (non-hydrogen) atoms. The van der Waals surface area contributed by atoms with E-state index in [4.69, 9.17) is 28.4 Å². The number of nitrogens with zero attached hydrogens (tertiary/aromatic N) is 1. The highest BCUT2D eigenvalue weighted by Crippen LogP contribution is 2.39. The van der Waals surface area contributed by atoms with Crippen molar-refractivity contribution in [2.24, 2.45) is 29.6 Å². The molecular weight excluding hydrogens is 774 g/mol. The number of carbonyl (C=O) groups excluding carboxylic acids is 4. The molecule has 0 radical (unpaired) electrons. The van der Waals surface area contributed by atoms with Crippen LogP contribution in [-0.4, -0.2) is 139 Å². The maximum Gasteiger partial charge on any atom is 0.329 e. The van der Waals surface area contributed by atoms with Crippen molar-refractivity contribution in [2.45, 2.75) is 173 Å². The number of Topliss-reactive ketones (excluding diaryl/α,β-unsaturated/α-hetero) is 2. The molecular formula is C46H75NO13. The van der Waals surface area contributed by atoms with Gasteiger partial charge in [0.15, 0.2) is 0 Å².